The van der Waals surface area contributed by atoms with E-state index in [1.165, 1.54) is 22.2 Å². The Labute approximate surface area is 200 Å². The van der Waals surface area contributed by atoms with Gasteiger partial charge in [-0.2, -0.15) is 4.31 Å². The fraction of sp³-hybridized carbons (Fsp3) is 0.520. The summed E-state index contributed by atoms with van der Waals surface area (Å²) < 4.78 is 28.1. The lowest BCUT2D eigenvalue weighted by atomic mass is 9.87. The van der Waals surface area contributed by atoms with Crippen LogP contribution in [0.1, 0.15) is 50.1 Å². The van der Waals surface area contributed by atoms with Gasteiger partial charge in [0.1, 0.15) is 17.0 Å². The van der Waals surface area contributed by atoms with Gasteiger partial charge in [0.2, 0.25) is 10.0 Å². The zero-order valence-corrected chi connectivity index (χ0v) is 21.5. The summed E-state index contributed by atoms with van der Waals surface area (Å²) in [6, 6.07) is 7.35. The number of thiophene rings is 1. The highest BCUT2D eigenvalue weighted by Gasteiger charge is 2.31. The fourth-order valence-corrected chi connectivity index (χ4v) is 7.68. The minimum absolute atomic E-state index is 0.00428. The van der Waals surface area contributed by atoms with Gasteiger partial charge >= 0.3 is 0 Å². The number of fused-ring (bicyclic) bond motifs is 3. The van der Waals surface area contributed by atoms with Crippen LogP contribution in [-0.4, -0.2) is 48.9 Å². The van der Waals surface area contributed by atoms with Crippen LogP contribution in [0, 0.1) is 5.92 Å². The summed E-state index contributed by atoms with van der Waals surface area (Å²) in [5.74, 6) is 1.69. The maximum Gasteiger partial charge on any atom is 0.243 e. The molecule has 2 aliphatic rings. The Kier molecular flexibility index (Phi) is 5.74. The summed E-state index contributed by atoms with van der Waals surface area (Å²) in [5, 5.41) is 1.19. The normalized spacial score (nSPS) is 20.2. The second-order valence-corrected chi connectivity index (χ2v) is 13.4. The number of aromatic nitrogens is 2. The Morgan fingerprint density at radius 2 is 1.73 bits per heavy atom. The molecule has 0 bridgehead atoms. The van der Waals surface area contributed by atoms with Gasteiger partial charge in [-0.05, 0) is 53.9 Å². The smallest absolute Gasteiger partial charge is 0.243 e. The highest BCUT2D eigenvalue weighted by molar-refractivity contribution is 7.89. The van der Waals surface area contributed by atoms with Gasteiger partial charge in [-0.15, -0.1) is 11.3 Å². The van der Waals surface area contributed by atoms with E-state index in [-0.39, 0.29) is 5.41 Å². The molecule has 1 aromatic carbocycles. The summed E-state index contributed by atoms with van der Waals surface area (Å²) in [6.07, 6.45) is 5.06. The van der Waals surface area contributed by atoms with Gasteiger partial charge in [0, 0.05) is 31.1 Å². The zero-order valence-electron chi connectivity index (χ0n) is 19.8. The molecule has 6 nitrogen and oxygen atoms in total. The first-order valence-corrected chi connectivity index (χ1v) is 14.0. The predicted molar refractivity (Wildman–Crippen MR) is 135 cm³/mol. The number of rotatable bonds is 3. The lowest BCUT2D eigenvalue weighted by Crippen LogP contribution is -2.49. The molecule has 2 aromatic heterocycles. The van der Waals surface area contributed by atoms with Crippen molar-refractivity contribution in [2.24, 2.45) is 5.92 Å². The molecule has 1 fully saturated rings. The number of hydrogen-bond donors (Lipinski definition) is 0. The van der Waals surface area contributed by atoms with Gasteiger partial charge in [0.25, 0.3) is 0 Å². The van der Waals surface area contributed by atoms with Crippen LogP contribution in [0.25, 0.3) is 10.2 Å². The van der Waals surface area contributed by atoms with Crippen LogP contribution in [0.3, 0.4) is 0 Å². The number of anilines is 1. The summed E-state index contributed by atoms with van der Waals surface area (Å²) in [5.41, 5.74) is 2.54. The molecule has 8 heteroatoms. The maximum atomic E-state index is 13.3. The minimum atomic E-state index is -3.51. The number of aryl methyl sites for hydroxylation is 1. The van der Waals surface area contributed by atoms with Crippen molar-refractivity contribution < 1.29 is 8.42 Å². The van der Waals surface area contributed by atoms with Crippen molar-refractivity contribution in [2.75, 3.05) is 31.1 Å². The summed E-state index contributed by atoms with van der Waals surface area (Å²) in [7, 11) is -3.51. The molecule has 1 aliphatic heterocycles. The number of nitrogens with zero attached hydrogens (tertiary/aromatic N) is 4. The number of sulfonamides is 1. The van der Waals surface area contributed by atoms with Crippen molar-refractivity contribution in [2.45, 2.75) is 57.3 Å². The second kappa shape index (κ2) is 8.32. The molecule has 0 N–H and O–H groups in total. The Bertz CT molecular complexity index is 1270. The monoisotopic (exact) mass is 484 g/mol. The van der Waals surface area contributed by atoms with E-state index >= 15 is 0 Å². The Hall–Kier alpha value is -2.03. The zero-order chi connectivity index (χ0) is 23.4. The van der Waals surface area contributed by atoms with E-state index in [2.05, 4.69) is 42.6 Å². The predicted octanol–water partition coefficient (Wildman–Crippen LogP) is 4.62. The molecule has 1 saturated heterocycles. The lowest BCUT2D eigenvalue weighted by Gasteiger charge is -2.35. The van der Waals surface area contributed by atoms with E-state index in [0.29, 0.717) is 37.0 Å². The van der Waals surface area contributed by atoms with Crippen molar-refractivity contribution in [3.63, 3.8) is 0 Å². The van der Waals surface area contributed by atoms with Gasteiger partial charge in [-0.25, -0.2) is 18.4 Å². The molecule has 176 valence electrons. The standard InChI is InChI=1S/C25H32N4O2S2/c1-17-5-10-20-21(15-17)32-24-22(20)23(26-16-27-24)28-11-13-29(14-12-28)33(30,31)19-8-6-18(7-9-19)25(2,3)4/h6-9,16-17H,5,10-15H2,1-4H3/t17-/m0/s1. The van der Waals surface area contributed by atoms with Crippen molar-refractivity contribution in [1.82, 2.24) is 14.3 Å². The third kappa shape index (κ3) is 4.17. The van der Waals surface area contributed by atoms with E-state index < -0.39 is 10.0 Å². The van der Waals surface area contributed by atoms with Crippen molar-refractivity contribution in [3.05, 3.63) is 46.6 Å². The third-order valence-corrected chi connectivity index (χ3v) is 10.0. The third-order valence-electron chi connectivity index (χ3n) is 6.97. The molecule has 1 aliphatic carbocycles. The number of piperazine rings is 1. The van der Waals surface area contributed by atoms with Gasteiger partial charge in [-0.3, -0.25) is 0 Å². The van der Waals surface area contributed by atoms with Gasteiger partial charge in [-0.1, -0.05) is 39.8 Å². The van der Waals surface area contributed by atoms with E-state index in [1.54, 1.807) is 34.1 Å². The van der Waals surface area contributed by atoms with Crippen molar-refractivity contribution in [1.29, 1.82) is 0 Å². The van der Waals surface area contributed by atoms with Crippen LogP contribution in [0.4, 0.5) is 5.82 Å². The highest BCUT2D eigenvalue weighted by Crippen LogP contribution is 2.40. The first-order valence-electron chi connectivity index (χ1n) is 11.8. The summed E-state index contributed by atoms with van der Waals surface area (Å²) in [6.45, 7) is 10.9. The Morgan fingerprint density at radius 1 is 1.03 bits per heavy atom. The van der Waals surface area contributed by atoms with E-state index in [9.17, 15) is 8.42 Å². The average Bonchev–Trinajstić information content (AvgIpc) is 3.16. The molecule has 0 amide bonds. The molecule has 0 spiro atoms. The summed E-state index contributed by atoms with van der Waals surface area (Å²) >= 11 is 1.80. The van der Waals surface area contributed by atoms with Gasteiger partial charge in [0.15, 0.2) is 0 Å². The molecule has 33 heavy (non-hydrogen) atoms. The fourth-order valence-electron chi connectivity index (χ4n) is 4.91. The molecule has 5 rings (SSSR count). The molecule has 0 saturated carbocycles. The Morgan fingerprint density at radius 3 is 2.39 bits per heavy atom. The highest BCUT2D eigenvalue weighted by atomic mass is 32.2. The molecule has 0 unspecified atom stereocenters. The van der Waals surface area contributed by atoms with Crippen molar-refractivity contribution >= 4 is 37.4 Å². The van der Waals surface area contributed by atoms with Crippen LogP contribution in [0.5, 0.6) is 0 Å². The molecular weight excluding hydrogens is 452 g/mol. The molecule has 1 atom stereocenters. The number of benzene rings is 1. The minimum Gasteiger partial charge on any atom is -0.353 e. The Balaban J connectivity index is 1.36. The van der Waals surface area contributed by atoms with Gasteiger partial charge < -0.3 is 4.90 Å². The van der Waals surface area contributed by atoms with Crippen LogP contribution in [-0.2, 0) is 28.3 Å². The quantitative estimate of drug-likeness (QED) is 0.543. The van der Waals surface area contributed by atoms with Crippen LogP contribution >= 0.6 is 11.3 Å². The SMILES string of the molecule is C[C@H]1CCc2c(sc3ncnc(N4CCN(S(=O)(=O)c5ccc(C(C)(C)C)cc5)CC4)c23)C1. The average molecular weight is 485 g/mol. The van der Waals surface area contributed by atoms with Crippen molar-refractivity contribution in [3.8, 4) is 0 Å². The first kappa shape index (κ1) is 22.7. The largest absolute Gasteiger partial charge is 0.353 e. The second-order valence-electron chi connectivity index (χ2n) is 10.4. The lowest BCUT2D eigenvalue weighted by molar-refractivity contribution is 0.384. The topological polar surface area (TPSA) is 66.4 Å². The van der Waals surface area contributed by atoms with Crippen LogP contribution in [0.15, 0.2) is 35.5 Å². The van der Waals surface area contributed by atoms with E-state index in [4.69, 9.17) is 0 Å². The van der Waals surface area contributed by atoms with Crippen LogP contribution in [0.2, 0.25) is 0 Å². The van der Waals surface area contributed by atoms with Crippen LogP contribution < -0.4 is 4.90 Å². The molecule has 3 aromatic rings. The van der Waals surface area contributed by atoms with E-state index in [0.717, 1.165) is 29.1 Å². The van der Waals surface area contributed by atoms with Gasteiger partial charge in [0.05, 0.1) is 10.3 Å². The molecule has 0 radical (unpaired) electrons. The number of hydrogen-bond acceptors (Lipinski definition) is 6. The van der Waals surface area contributed by atoms with E-state index in [1.807, 2.05) is 12.1 Å². The summed E-state index contributed by atoms with van der Waals surface area (Å²) in [4.78, 5) is 14.3. The molecule has 3 heterocycles. The first-order chi connectivity index (χ1) is 15.6. The molecular formula is C25H32N4O2S2. The maximum absolute atomic E-state index is 13.3.